The van der Waals surface area contributed by atoms with Crippen molar-refractivity contribution >= 4 is 6.03 Å². The van der Waals surface area contributed by atoms with Gasteiger partial charge in [-0.15, -0.1) is 6.58 Å². The molecule has 70 valence electrons. The van der Waals surface area contributed by atoms with Gasteiger partial charge in [0.25, 0.3) is 0 Å². The summed E-state index contributed by atoms with van der Waals surface area (Å²) in [6, 6.07) is 0.0746. The Bertz CT molecular complexity index is 145. The van der Waals surface area contributed by atoms with E-state index < -0.39 is 0 Å². The van der Waals surface area contributed by atoms with Gasteiger partial charge in [0, 0.05) is 12.6 Å². The van der Waals surface area contributed by atoms with Gasteiger partial charge in [-0.25, -0.2) is 4.79 Å². The largest absolute Gasteiger partial charge is 0.338 e. The van der Waals surface area contributed by atoms with Gasteiger partial charge in [-0.3, -0.25) is 0 Å². The van der Waals surface area contributed by atoms with E-state index >= 15 is 0 Å². The molecule has 3 heteroatoms. The molecule has 0 saturated heterocycles. The first kappa shape index (κ1) is 11.0. The number of carbonyl (C=O) groups is 1. The van der Waals surface area contributed by atoms with Gasteiger partial charge in [-0.2, -0.15) is 0 Å². The van der Waals surface area contributed by atoms with Gasteiger partial charge in [0.05, 0.1) is 0 Å². The van der Waals surface area contributed by atoms with Crippen molar-refractivity contribution in [3.63, 3.8) is 0 Å². The van der Waals surface area contributed by atoms with E-state index in [2.05, 4.69) is 17.2 Å². The van der Waals surface area contributed by atoms with Crippen molar-refractivity contribution in [1.82, 2.24) is 10.6 Å². The van der Waals surface area contributed by atoms with Crippen LogP contribution in [-0.4, -0.2) is 18.6 Å². The van der Waals surface area contributed by atoms with Gasteiger partial charge in [-0.05, 0) is 19.8 Å². The van der Waals surface area contributed by atoms with E-state index in [1.165, 1.54) is 0 Å². The molecule has 0 aliphatic heterocycles. The molecule has 12 heavy (non-hydrogen) atoms. The van der Waals surface area contributed by atoms with E-state index in [1.54, 1.807) is 6.08 Å². The van der Waals surface area contributed by atoms with E-state index in [1.807, 2.05) is 13.8 Å². The van der Waals surface area contributed by atoms with E-state index in [0.717, 1.165) is 19.4 Å². The van der Waals surface area contributed by atoms with Crippen LogP contribution in [0.25, 0.3) is 0 Å². The summed E-state index contributed by atoms with van der Waals surface area (Å²) in [7, 11) is 0. The molecule has 0 bridgehead atoms. The second-order valence-electron chi connectivity index (χ2n) is 2.83. The van der Waals surface area contributed by atoms with Gasteiger partial charge >= 0.3 is 6.03 Å². The molecule has 1 atom stereocenters. The summed E-state index contributed by atoms with van der Waals surface area (Å²) in [5.41, 5.74) is 0. The van der Waals surface area contributed by atoms with Crippen molar-refractivity contribution in [2.45, 2.75) is 32.7 Å². The third kappa shape index (κ3) is 5.77. The van der Waals surface area contributed by atoms with Crippen molar-refractivity contribution in [2.75, 3.05) is 6.54 Å². The van der Waals surface area contributed by atoms with Crippen LogP contribution in [-0.2, 0) is 0 Å². The highest BCUT2D eigenvalue weighted by Gasteiger charge is 2.02. The van der Waals surface area contributed by atoms with Crippen molar-refractivity contribution in [3.05, 3.63) is 12.7 Å². The van der Waals surface area contributed by atoms with Crippen LogP contribution in [0.15, 0.2) is 12.7 Å². The molecular formula is C9H18N2O. The van der Waals surface area contributed by atoms with Crippen LogP contribution in [0.2, 0.25) is 0 Å². The van der Waals surface area contributed by atoms with Gasteiger partial charge < -0.3 is 10.6 Å². The highest BCUT2D eigenvalue weighted by Crippen LogP contribution is 1.89. The Kier molecular flexibility index (Phi) is 6.15. The van der Waals surface area contributed by atoms with E-state index in [-0.39, 0.29) is 12.1 Å². The summed E-state index contributed by atoms with van der Waals surface area (Å²) < 4.78 is 0. The smallest absolute Gasteiger partial charge is 0.315 e. The number of urea groups is 1. The molecule has 0 radical (unpaired) electrons. The molecule has 0 fully saturated rings. The molecule has 0 aromatic rings. The molecule has 0 aromatic carbocycles. The maximum absolute atomic E-state index is 11.0. The Labute approximate surface area is 74.2 Å². The Morgan fingerprint density at radius 1 is 1.67 bits per heavy atom. The van der Waals surface area contributed by atoms with Crippen LogP contribution in [0.4, 0.5) is 4.79 Å². The lowest BCUT2D eigenvalue weighted by atomic mass is 10.2. The fraction of sp³-hybridized carbons (Fsp3) is 0.667. The normalized spacial score (nSPS) is 11.8. The predicted octanol–water partition coefficient (Wildman–Crippen LogP) is 1.66. The van der Waals surface area contributed by atoms with E-state index in [0.29, 0.717) is 0 Å². The van der Waals surface area contributed by atoms with Crippen LogP contribution in [0.1, 0.15) is 26.7 Å². The Balaban J connectivity index is 3.46. The van der Waals surface area contributed by atoms with Crippen LogP contribution < -0.4 is 10.6 Å². The summed E-state index contributed by atoms with van der Waals surface area (Å²) in [4.78, 5) is 11.0. The zero-order valence-corrected chi connectivity index (χ0v) is 7.89. The second-order valence-corrected chi connectivity index (χ2v) is 2.83. The molecule has 0 aliphatic carbocycles. The summed E-state index contributed by atoms with van der Waals surface area (Å²) in [5, 5.41) is 5.53. The van der Waals surface area contributed by atoms with Crippen LogP contribution in [0, 0.1) is 0 Å². The van der Waals surface area contributed by atoms with Crippen molar-refractivity contribution < 1.29 is 4.79 Å². The number of carbonyl (C=O) groups excluding carboxylic acids is 1. The predicted molar refractivity (Wildman–Crippen MR) is 51.1 cm³/mol. The fourth-order valence-corrected chi connectivity index (χ4v) is 0.822. The minimum Gasteiger partial charge on any atom is -0.338 e. The number of hydrogen-bond acceptors (Lipinski definition) is 1. The Hall–Kier alpha value is -0.990. The fourth-order valence-electron chi connectivity index (χ4n) is 0.822. The van der Waals surface area contributed by atoms with Gasteiger partial charge in [-0.1, -0.05) is 13.0 Å². The zero-order valence-electron chi connectivity index (χ0n) is 7.89. The van der Waals surface area contributed by atoms with Gasteiger partial charge in [0.1, 0.15) is 0 Å². The lowest BCUT2D eigenvalue weighted by Crippen LogP contribution is -2.40. The molecule has 0 rings (SSSR count). The average molecular weight is 170 g/mol. The molecule has 0 aliphatic rings. The van der Waals surface area contributed by atoms with Crippen molar-refractivity contribution in [3.8, 4) is 0 Å². The maximum Gasteiger partial charge on any atom is 0.315 e. The highest BCUT2D eigenvalue weighted by atomic mass is 16.2. The van der Waals surface area contributed by atoms with Gasteiger partial charge in [0.2, 0.25) is 0 Å². The first-order valence-corrected chi connectivity index (χ1v) is 4.36. The van der Waals surface area contributed by atoms with Crippen LogP contribution >= 0.6 is 0 Å². The summed E-state index contributed by atoms with van der Waals surface area (Å²) >= 11 is 0. The Morgan fingerprint density at radius 3 is 2.83 bits per heavy atom. The van der Waals surface area contributed by atoms with Crippen LogP contribution in [0.3, 0.4) is 0 Å². The number of hydrogen-bond donors (Lipinski definition) is 2. The first-order chi connectivity index (χ1) is 5.70. The molecule has 3 nitrogen and oxygen atoms in total. The van der Waals surface area contributed by atoms with Crippen molar-refractivity contribution in [1.29, 1.82) is 0 Å². The Morgan fingerprint density at radius 2 is 2.33 bits per heavy atom. The monoisotopic (exact) mass is 170 g/mol. The molecule has 0 spiro atoms. The lowest BCUT2D eigenvalue weighted by molar-refractivity contribution is 0.238. The van der Waals surface area contributed by atoms with Crippen LogP contribution in [0.5, 0.6) is 0 Å². The number of rotatable bonds is 5. The van der Waals surface area contributed by atoms with E-state index in [9.17, 15) is 4.79 Å². The molecule has 0 heterocycles. The first-order valence-electron chi connectivity index (χ1n) is 4.36. The van der Waals surface area contributed by atoms with Gasteiger partial charge in [0.15, 0.2) is 0 Å². The molecule has 0 saturated carbocycles. The summed E-state index contributed by atoms with van der Waals surface area (Å²) in [5.74, 6) is 0. The summed E-state index contributed by atoms with van der Waals surface area (Å²) in [6.07, 6.45) is 3.56. The standard InChI is InChI=1S/C9H18N2O/c1-4-6-8(3)11-9(12)10-7-5-2/h4,8H,1,5-7H2,2-3H3,(H2,10,11,12). The minimum atomic E-state index is -0.0915. The summed E-state index contributed by atoms with van der Waals surface area (Å²) in [6.45, 7) is 8.30. The SMILES string of the molecule is C=CCC(C)NC(=O)NCCC. The third-order valence-corrected chi connectivity index (χ3v) is 1.43. The minimum absolute atomic E-state index is 0.0915. The second kappa shape index (κ2) is 6.70. The quantitative estimate of drug-likeness (QED) is 0.605. The zero-order chi connectivity index (χ0) is 9.40. The average Bonchev–Trinajstić information content (AvgIpc) is 2.01. The lowest BCUT2D eigenvalue weighted by Gasteiger charge is -2.11. The van der Waals surface area contributed by atoms with Crippen molar-refractivity contribution in [2.24, 2.45) is 0 Å². The highest BCUT2D eigenvalue weighted by molar-refractivity contribution is 5.74. The molecular weight excluding hydrogens is 152 g/mol. The third-order valence-electron chi connectivity index (χ3n) is 1.43. The molecule has 2 amide bonds. The molecule has 2 N–H and O–H groups in total. The number of nitrogens with one attached hydrogen (secondary N) is 2. The molecule has 1 unspecified atom stereocenters. The topological polar surface area (TPSA) is 41.1 Å². The number of amides is 2. The van der Waals surface area contributed by atoms with E-state index in [4.69, 9.17) is 0 Å². The maximum atomic E-state index is 11.0. The molecule has 0 aromatic heterocycles.